The van der Waals surface area contributed by atoms with Gasteiger partial charge in [0.15, 0.2) is 0 Å². The van der Waals surface area contributed by atoms with Crippen LogP contribution in [0, 0.1) is 0 Å². The molecule has 4 nitrogen and oxygen atoms in total. The molecule has 2 heterocycles. The molecule has 4 heteroatoms. The standard InChI is InChI=1S/C24H28N2O2/c1-5-16(2)26-21(13-14-22(26)27)23-19-11-6-7-12-20(19)25(3)24(23)17-9-8-10-18(15-17)28-4/h6-12,15-16,21H,5,13-14H2,1-4H3/t16-,21+/m1/s1. The van der Waals surface area contributed by atoms with Crippen molar-refractivity contribution < 1.29 is 9.53 Å². The first-order valence-corrected chi connectivity index (χ1v) is 10.1. The summed E-state index contributed by atoms with van der Waals surface area (Å²) in [4.78, 5) is 14.9. The van der Waals surface area contributed by atoms with E-state index in [2.05, 4.69) is 66.8 Å². The van der Waals surface area contributed by atoms with Crippen LogP contribution in [0.2, 0.25) is 0 Å². The van der Waals surface area contributed by atoms with Crippen LogP contribution in [-0.4, -0.2) is 28.5 Å². The minimum absolute atomic E-state index is 0.106. The summed E-state index contributed by atoms with van der Waals surface area (Å²) in [6, 6.07) is 17.1. The average Bonchev–Trinajstić information content (AvgIpc) is 3.25. The Labute approximate surface area is 166 Å². The first-order valence-electron chi connectivity index (χ1n) is 10.1. The van der Waals surface area contributed by atoms with Crippen molar-refractivity contribution in [3.63, 3.8) is 0 Å². The first kappa shape index (κ1) is 18.6. The van der Waals surface area contributed by atoms with Crippen molar-refractivity contribution in [3.8, 4) is 17.0 Å². The van der Waals surface area contributed by atoms with Crippen LogP contribution in [0.1, 0.15) is 44.7 Å². The second-order valence-electron chi connectivity index (χ2n) is 7.68. The molecule has 0 N–H and O–H groups in total. The van der Waals surface area contributed by atoms with Crippen LogP contribution >= 0.6 is 0 Å². The van der Waals surface area contributed by atoms with Gasteiger partial charge in [-0.1, -0.05) is 37.3 Å². The molecule has 1 amide bonds. The monoisotopic (exact) mass is 376 g/mol. The van der Waals surface area contributed by atoms with Crippen LogP contribution in [-0.2, 0) is 11.8 Å². The van der Waals surface area contributed by atoms with E-state index in [-0.39, 0.29) is 18.0 Å². The third kappa shape index (κ3) is 2.88. The minimum atomic E-state index is 0.106. The van der Waals surface area contributed by atoms with Gasteiger partial charge in [-0.2, -0.15) is 0 Å². The topological polar surface area (TPSA) is 34.5 Å². The van der Waals surface area contributed by atoms with E-state index in [1.165, 1.54) is 22.2 Å². The number of fused-ring (bicyclic) bond motifs is 1. The maximum Gasteiger partial charge on any atom is 0.223 e. The van der Waals surface area contributed by atoms with Crippen molar-refractivity contribution in [2.24, 2.45) is 7.05 Å². The van der Waals surface area contributed by atoms with E-state index >= 15 is 0 Å². The summed E-state index contributed by atoms with van der Waals surface area (Å²) in [6.45, 7) is 4.31. The summed E-state index contributed by atoms with van der Waals surface area (Å²) in [5, 5.41) is 1.23. The van der Waals surface area contributed by atoms with Crippen LogP contribution in [0.4, 0.5) is 0 Å². The summed E-state index contributed by atoms with van der Waals surface area (Å²) in [7, 11) is 3.81. The molecule has 1 aromatic heterocycles. The molecule has 1 aliphatic rings. The number of hydrogen-bond acceptors (Lipinski definition) is 2. The summed E-state index contributed by atoms with van der Waals surface area (Å²) >= 11 is 0. The molecule has 3 aromatic rings. The minimum Gasteiger partial charge on any atom is -0.497 e. The Morgan fingerprint density at radius 2 is 1.96 bits per heavy atom. The maximum atomic E-state index is 12.7. The number of rotatable bonds is 5. The number of amides is 1. The van der Waals surface area contributed by atoms with E-state index in [0.29, 0.717) is 6.42 Å². The molecule has 1 aliphatic heterocycles. The zero-order valence-corrected chi connectivity index (χ0v) is 17.1. The highest BCUT2D eigenvalue weighted by Gasteiger charge is 2.38. The molecule has 0 unspecified atom stereocenters. The van der Waals surface area contributed by atoms with E-state index in [9.17, 15) is 4.79 Å². The van der Waals surface area contributed by atoms with Gasteiger partial charge in [-0.05, 0) is 38.0 Å². The smallest absolute Gasteiger partial charge is 0.223 e. The normalized spacial score (nSPS) is 18.1. The van der Waals surface area contributed by atoms with Crippen LogP contribution in [0.15, 0.2) is 48.5 Å². The molecular weight excluding hydrogens is 348 g/mol. The average molecular weight is 377 g/mol. The van der Waals surface area contributed by atoms with Crippen molar-refractivity contribution in [3.05, 3.63) is 54.1 Å². The fourth-order valence-electron chi connectivity index (χ4n) is 4.61. The lowest BCUT2D eigenvalue weighted by atomic mass is 9.96. The molecule has 0 saturated carbocycles. The second kappa shape index (κ2) is 7.34. The van der Waals surface area contributed by atoms with Crippen molar-refractivity contribution in [1.82, 2.24) is 9.47 Å². The van der Waals surface area contributed by atoms with Crippen LogP contribution in [0.5, 0.6) is 5.75 Å². The molecular formula is C24H28N2O2. The van der Waals surface area contributed by atoms with Crippen molar-refractivity contribution in [2.45, 2.75) is 45.2 Å². The van der Waals surface area contributed by atoms with Gasteiger partial charge in [0, 0.05) is 41.5 Å². The van der Waals surface area contributed by atoms with Crippen molar-refractivity contribution >= 4 is 16.8 Å². The number of carbonyl (C=O) groups is 1. The van der Waals surface area contributed by atoms with Gasteiger partial charge < -0.3 is 14.2 Å². The summed E-state index contributed by atoms with van der Waals surface area (Å²) < 4.78 is 7.74. The molecule has 146 valence electrons. The summed E-state index contributed by atoms with van der Waals surface area (Å²) in [5.41, 5.74) is 4.75. The Morgan fingerprint density at radius 3 is 2.71 bits per heavy atom. The highest BCUT2D eigenvalue weighted by Crippen LogP contribution is 2.45. The Bertz CT molecular complexity index is 1020. The van der Waals surface area contributed by atoms with Gasteiger partial charge >= 0.3 is 0 Å². The molecule has 28 heavy (non-hydrogen) atoms. The number of benzene rings is 2. The zero-order valence-electron chi connectivity index (χ0n) is 17.1. The Morgan fingerprint density at radius 1 is 1.18 bits per heavy atom. The lowest BCUT2D eigenvalue weighted by Crippen LogP contribution is -2.35. The van der Waals surface area contributed by atoms with Gasteiger partial charge in [0.2, 0.25) is 5.91 Å². The van der Waals surface area contributed by atoms with Gasteiger partial charge in [-0.25, -0.2) is 0 Å². The third-order valence-electron chi connectivity index (χ3n) is 6.14. The van der Waals surface area contributed by atoms with Gasteiger partial charge in [0.1, 0.15) is 5.75 Å². The van der Waals surface area contributed by atoms with Crippen LogP contribution in [0.3, 0.4) is 0 Å². The van der Waals surface area contributed by atoms with E-state index in [1.807, 2.05) is 12.1 Å². The molecule has 1 fully saturated rings. The number of carbonyl (C=O) groups excluding carboxylic acids is 1. The molecule has 0 bridgehead atoms. The fourth-order valence-corrected chi connectivity index (χ4v) is 4.61. The maximum absolute atomic E-state index is 12.7. The molecule has 0 spiro atoms. The fraction of sp³-hybridized carbons (Fsp3) is 0.375. The van der Waals surface area contributed by atoms with Gasteiger partial charge in [-0.3, -0.25) is 4.79 Å². The predicted molar refractivity (Wildman–Crippen MR) is 113 cm³/mol. The Hall–Kier alpha value is -2.75. The SMILES string of the molecule is CC[C@@H](C)N1C(=O)CC[C@H]1c1c(-c2cccc(OC)c2)n(C)c2ccccc12. The highest BCUT2D eigenvalue weighted by molar-refractivity contribution is 5.94. The van der Waals surface area contributed by atoms with E-state index in [0.717, 1.165) is 24.2 Å². The largest absolute Gasteiger partial charge is 0.497 e. The molecule has 4 rings (SSSR count). The van der Waals surface area contributed by atoms with Crippen molar-refractivity contribution in [2.75, 3.05) is 7.11 Å². The van der Waals surface area contributed by atoms with Gasteiger partial charge in [-0.15, -0.1) is 0 Å². The number of hydrogen-bond donors (Lipinski definition) is 0. The third-order valence-corrected chi connectivity index (χ3v) is 6.14. The number of methoxy groups -OCH3 is 1. The highest BCUT2D eigenvalue weighted by atomic mass is 16.5. The quantitative estimate of drug-likeness (QED) is 0.604. The number of likely N-dealkylation sites (tertiary alicyclic amines) is 1. The van der Waals surface area contributed by atoms with E-state index in [1.54, 1.807) is 7.11 Å². The number of nitrogens with zero attached hydrogens (tertiary/aromatic N) is 2. The predicted octanol–water partition coefficient (Wildman–Crippen LogP) is 5.32. The van der Waals surface area contributed by atoms with E-state index in [4.69, 9.17) is 4.74 Å². The van der Waals surface area contributed by atoms with Gasteiger partial charge in [0.25, 0.3) is 0 Å². The van der Waals surface area contributed by atoms with Gasteiger partial charge in [0.05, 0.1) is 18.8 Å². The van der Waals surface area contributed by atoms with Crippen molar-refractivity contribution in [1.29, 1.82) is 0 Å². The zero-order chi connectivity index (χ0) is 19.8. The molecule has 2 atom stereocenters. The Balaban J connectivity index is 1.98. The number of aryl methyl sites for hydroxylation is 1. The number of ether oxygens (including phenoxy) is 1. The van der Waals surface area contributed by atoms with E-state index < -0.39 is 0 Å². The first-order chi connectivity index (χ1) is 13.6. The molecule has 0 radical (unpaired) electrons. The van der Waals surface area contributed by atoms with Crippen LogP contribution < -0.4 is 4.74 Å². The lowest BCUT2D eigenvalue weighted by molar-refractivity contribution is -0.131. The molecule has 2 aromatic carbocycles. The Kier molecular flexibility index (Phi) is 4.88. The summed E-state index contributed by atoms with van der Waals surface area (Å²) in [5.74, 6) is 1.11. The number of para-hydroxylation sites is 1. The molecule has 1 saturated heterocycles. The summed E-state index contributed by atoms with van der Waals surface area (Å²) in [6.07, 6.45) is 2.45. The number of aromatic nitrogens is 1. The van der Waals surface area contributed by atoms with Crippen LogP contribution in [0.25, 0.3) is 22.2 Å². The molecule has 0 aliphatic carbocycles. The second-order valence-corrected chi connectivity index (χ2v) is 7.68. The lowest BCUT2D eigenvalue weighted by Gasteiger charge is -2.31.